The lowest BCUT2D eigenvalue weighted by molar-refractivity contribution is -0.148. The van der Waals surface area contributed by atoms with Crippen molar-refractivity contribution in [3.05, 3.63) is 0 Å². The highest BCUT2D eigenvalue weighted by molar-refractivity contribution is 5.80. The maximum Gasteiger partial charge on any atom is 0.325 e. The largest absolute Gasteiger partial charge is 0.468 e. The quantitative estimate of drug-likeness (QED) is 0.609. The Kier molecular flexibility index (Phi) is 9.02. The summed E-state index contributed by atoms with van der Waals surface area (Å²) in [5, 5.41) is 3.24. The molecule has 1 atom stereocenters. The van der Waals surface area contributed by atoms with E-state index < -0.39 is 5.54 Å². The maximum absolute atomic E-state index is 11.8. The third-order valence-electron chi connectivity index (χ3n) is 3.41. The number of nitrogens with one attached hydrogen (secondary N) is 1. The van der Waals surface area contributed by atoms with E-state index in [2.05, 4.69) is 24.1 Å². The number of likely N-dealkylation sites (N-methyl/N-ethyl adjacent to an activating group) is 1. The molecule has 0 heterocycles. The number of carbonyl (C=O) groups excluding carboxylic acids is 1. The molecular formula is C14H30N2O2. The summed E-state index contributed by atoms with van der Waals surface area (Å²) in [6.45, 7) is 12.1. The van der Waals surface area contributed by atoms with Crippen LogP contribution in [0.4, 0.5) is 0 Å². The van der Waals surface area contributed by atoms with Crippen LogP contribution in [-0.4, -0.2) is 49.7 Å². The number of esters is 1. The third kappa shape index (κ3) is 5.83. The van der Waals surface area contributed by atoms with Gasteiger partial charge in [0.15, 0.2) is 0 Å². The van der Waals surface area contributed by atoms with Crippen molar-refractivity contribution in [3.8, 4) is 0 Å². The van der Waals surface area contributed by atoms with Gasteiger partial charge in [-0.25, -0.2) is 0 Å². The molecule has 0 rings (SSSR count). The van der Waals surface area contributed by atoms with Crippen LogP contribution in [0, 0.1) is 0 Å². The van der Waals surface area contributed by atoms with Gasteiger partial charge in [-0.15, -0.1) is 0 Å². The standard InChI is InChI=1S/C14H30N2O2/c1-6-9-11-16(8-3)12-10-14(4,15-7-2)13(17)18-5/h15H,6-12H2,1-5H3. The van der Waals surface area contributed by atoms with Crippen molar-refractivity contribution in [1.82, 2.24) is 10.2 Å². The molecule has 0 aromatic rings. The minimum absolute atomic E-state index is 0.170. The molecule has 0 fully saturated rings. The van der Waals surface area contributed by atoms with Crippen LogP contribution >= 0.6 is 0 Å². The smallest absolute Gasteiger partial charge is 0.325 e. The average molecular weight is 258 g/mol. The van der Waals surface area contributed by atoms with E-state index in [0.717, 1.165) is 32.6 Å². The number of hydrogen-bond acceptors (Lipinski definition) is 4. The summed E-state index contributed by atoms with van der Waals surface area (Å²) in [5.41, 5.74) is -0.566. The van der Waals surface area contributed by atoms with Gasteiger partial charge in [0, 0.05) is 6.54 Å². The molecule has 0 aliphatic rings. The normalized spacial score (nSPS) is 14.6. The second-order valence-electron chi connectivity index (χ2n) is 4.89. The van der Waals surface area contributed by atoms with Gasteiger partial charge in [0.05, 0.1) is 7.11 Å². The first kappa shape index (κ1) is 17.4. The Morgan fingerprint density at radius 3 is 2.39 bits per heavy atom. The van der Waals surface area contributed by atoms with E-state index in [1.54, 1.807) is 0 Å². The predicted octanol–water partition coefficient (Wildman–Crippen LogP) is 2.04. The molecule has 0 aromatic heterocycles. The van der Waals surface area contributed by atoms with Crippen molar-refractivity contribution in [2.24, 2.45) is 0 Å². The molecule has 108 valence electrons. The van der Waals surface area contributed by atoms with Crippen LogP contribution in [0.5, 0.6) is 0 Å². The highest BCUT2D eigenvalue weighted by Crippen LogP contribution is 2.13. The van der Waals surface area contributed by atoms with Crippen molar-refractivity contribution >= 4 is 5.97 Å². The second-order valence-corrected chi connectivity index (χ2v) is 4.89. The number of rotatable bonds is 10. The molecule has 0 spiro atoms. The number of methoxy groups -OCH3 is 1. The molecular weight excluding hydrogens is 228 g/mol. The van der Waals surface area contributed by atoms with Gasteiger partial charge in [0.25, 0.3) is 0 Å². The van der Waals surface area contributed by atoms with Gasteiger partial charge in [-0.3, -0.25) is 4.79 Å². The van der Waals surface area contributed by atoms with Gasteiger partial charge in [-0.2, -0.15) is 0 Å². The van der Waals surface area contributed by atoms with Crippen LogP contribution in [0.1, 0.15) is 47.0 Å². The van der Waals surface area contributed by atoms with Crippen LogP contribution in [-0.2, 0) is 9.53 Å². The van der Waals surface area contributed by atoms with E-state index in [1.807, 2.05) is 13.8 Å². The van der Waals surface area contributed by atoms with Gasteiger partial charge in [0.2, 0.25) is 0 Å². The van der Waals surface area contributed by atoms with Crippen molar-refractivity contribution in [2.45, 2.75) is 52.5 Å². The van der Waals surface area contributed by atoms with Crippen LogP contribution < -0.4 is 5.32 Å². The number of ether oxygens (including phenoxy) is 1. The zero-order valence-corrected chi connectivity index (χ0v) is 12.7. The summed E-state index contributed by atoms with van der Waals surface area (Å²) >= 11 is 0. The lowest BCUT2D eigenvalue weighted by Gasteiger charge is -2.30. The lowest BCUT2D eigenvalue weighted by Crippen LogP contribution is -2.52. The van der Waals surface area contributed by atoms with E-state index >= 15 is 0 Å². The summed E-state index contributed by atoms with van der Waals surface area (Å²) in [7, 11) is 1.45. The first-order valence-corrected chi connectivity index (χ1v) is 7.09. The van der Waals surface area contributed by atoms with Gasteiger partial charge in [-0.05, 0) is 39.4 Å². The fraction of sp³-hybridized carbons (Fsp3) is 0.929. The predicted molar refractivity (Wildman–Crippen MR) is 75.7 cm³/mol. The average Bonchev–Trinajstić information content (AvgIpc) is 2.38. The Hall–Kier alpha value is -0.610. The minimum Gasteiger partial charge on any atom is -0.468 e. The first-order chi connectivity index (χ1) is 8.53. The molecule has 0 aliphatic carbocycles. The highest BCUT2D eigenvalue weighted by atomic mass is 16.5. The Morgan fingerprint density at radius 2 is 1.94 bits per heavy atom. The molecule has 4 heteroatoms. The molecule has 1 N–H and O–H groups in total. The van der Waals surface area contributed by atoms with Crippen molar-refractivity contribution in [1.29, 1.82) is 0 Å². The van der Waals surface area contributed by atoms with Gasteiger partial charge in [-0.1, -0.05) is 27.2 Å². The first-order valence-electron chi connectivity index (χ1n) is 7.09. The van der Waals surface area contributed by atoms with Crippen LogP contribution in [0.3, 0.4) is 0 Å². The van der Waals surface area contributed by atoms with Crippen LogP contribution in [0.2, 0.25) is 0 Å². The Labute approximate surface area is 112 Å². The summed E-state index contributed by atoms with van der Waals surface area (Å²) in [5.74, 6) is -0.170. The molecule has 4 nitrogen and oxygen atoms in total. The Bertz CT molecular complexity index is 234. The lowest BCUT2D eigenvalue weighted by atomic mass is 9.97. The van der Waals surface area contributed by atoms with E-state index in [1.165, 1.54) is 20.0 Å². The van der Waals surface area contributed by atoms with Gasteiger partial charge < -0.3 is 15.0 Å². The molecule has 0 aliphatic heterocycles. The van der Waals surface area contributed by atoms with Crippen LogP contribution in [0.25, 0.3) is 0 Å². The topological polar surface area (TPSA) is 41.6 Å². The molecule has 0 bridgehead atoms. The third-order valence-corrected chi connectivity index (χ3v) is 3.41. The highest BCUT2D eigenvalue weighted by Gasteiger charge is 2.33. The number of unbranched alkanes of at least 4 members (excludes halogenated alkanes) is 1. The SMILES string of the molecule is CCCCN(CC)CCC(C)(NCC)C(=O)OC. The van der Waals surface area contributed by atoms with E-state index in [4.69, 9.17) is 4.74 Å². The number of hydrogen-bond donors (Lipinski definition) is 1. The molecule has 0 radical (unpaired) electrons. The van der Waals surface area contributed by atoms with E-state index in [0.29, 0.717) is 0 Å². The molecule has 0 saturated heterocycles. The van der Waals surface area contributed by atoms with Crippen molar-refractivity contribution < 1.29 is 9.53 Å². The Balaban J connectivity index is 4.35. The van der Waals surface area contributed by atoms with Gasteiger partial charge >= 0.3 is 5.97 Å². The fourth-order valence-electron chi connectivity index (χ4n) is 2.07. The molecule has 0 amide bonds. The number of nitrogens with zero attached hydrogens (tertiary/aromatic N) is 1. The number of carbonyl (C=O) groups is 1. The van der Waals surface area contributed by atoms with Gasteiger partial charge in [0.1, 0.15) is 5.54 Å². The van der Waals surface area contributed by atoms with Crippen molar-refractivity contribution in [2.75, 3.05) is 33.3 Å². The molecule has 0 aromatic carbocycles. The zero-order chi connectivity index (χ0) is 14.0. The second kappa shape index (κ2) is 9.34. The van der Waals surface area contributed by atoms with E-state index in [-0.39, 0.29) is 5.97 Å². The molecule has 0 saturated carbocycles. The monoisotopic (exact) mass is 258 g/mol. The summed E-state index contributed by atoms with van der Waals surface area (Å²) in [4.78, 5) is 14.2. The summed E-state index contributed by atoms with van der Waals surface area (Å²) in [6, 6.07) is 0. The molecule has 18 heavy (non-hydrogen) atoms. The van der Waals surface area contributed by atoms with E-state index in [9.17, 15) is 4.79 Å². The minimum atomic E-state index is -0.566. The zero-order valence-electron chi connectivity index (χ0n) is 12.7. The summed E-state index contributed by atoms with van der Waals surface area (Å²) < 4.78 is 4.90. The van der Waals surface area contributed by atoms with Crippen molar-refractivity contribution in [3.63, 3.8) is 0 Å². The molecule has 1 unspecified atom stereocenters. The Morgan fingerprint density at radius 1 is 1.28 bits per heavy atom. The fourth-order valence-corrected chi connectivity index (χ4v) is 2.07. The maximum atomic E-state index is 11.8. The van der Waals surface area contributed by atoms with Crippen LogP contribution in [0.15, 0.2) is 0 Å². The summed E-state index contributed by atoms with van der Waals surface area (Å²) in [6.07, 6.45) is 3.20.